The zero-order valence-electron chi connectivity index (χ0n) is 13.6. The summed E-state index contributed by atoms with van der Waals surface area (Å²) in [6.45, 7) is 1.71. The molecule has 0 spiro atoms. The maximum absolute atomic E-state index is 12.5. The van der Waals surface area contributed by atoms with Crippen LogP contribution in [0.4, 0.5) is 16.2 Å². The van der Waals surface area contributed by atoms with Gasteiger partial charge >= 0.3 is 0 Å². The van der Waals surface area contributed by atoms with Gasteiger partial charge in [-0.05, 0) is 41.6 Å². The van der Waals surface area contributed by atoms with Crippen molar-refractivity contribution in [3.8, 4) is 0 Å². The maximum atomic E-state index is 12.5. The fourth-order valence-corrected chi connectivity index (χ4v) is 3.36. The molecule has 128 valence electrons. The number of hydrogen-bond donors (Lipinski definition) is 2. The number of nitrogens with one attached hydrogen (secondary N) is 2. The van der Waals surface area contributed by atoms with E-state index in [1.807, 2.05) is 30.3 Å². The van der Waals surface area contributed by atoms with Gasteiger partial charge in [0.2, 0.25) is 5.91 Å². The lowest BCUT2D eigenvalue weighted by atomic mass is 10.2. The van der Waals surface area contributed by atoms with E-state index in [9.17, 15) is 14.4 Å². The number of thioether (sulfide) groups is 1. The van der Waals surface area contributed by atoms with E-state index in [4.69, 9.17) is 0 Å². The van der Waals surface area contributed by atoms with Gasteiger partial charge in [-0.3, -0.25) is 19.3 Å². The molecule has 0 bridgehead atoms. The van der Waals surface area contributed by atoms with Crippen molar-refractivity contribution in [2.45, 2.75) is 18.8 Å². The summed E-state index contributed by atoms with van der Waals surface area (Å²) >= 11 is 0.967. The lowest BCUT2D eigenvalue weighted by Gasteiger charge is -2.15. The van der Waals surface area contributed by atoms with E-state index in [-0.39, 0.29) is 23.6 Å². The number of rotatable bonds is 5. The smallest absolute Gasteiger partial charge is 0.291 e. The standard InChI is InChI=1S/C18H17N3O3S/c1-12(22)19-14-7-9-15(10-8-14)20-16-17(23)21(18(24)25-16)11-13-5-3-2-4-6-13/h2-10,16,20H,11H2,1H3,(H,19,22). The summed E-state index contributed by atoms with van der Waals surface area (Å²) in [4.78, 5) is 36.9. The number of anilines is 2. The zero-order chi connectivity index (χ0) is 17.8. The molecule has 2 N–H and O–H groups in total. The molecule has 7 heteroatoms. The van der Waals surface area contributed by atoms with Crippen molar-refractivity contribution < 1.29 is 14.4 Å². The van der Waals surface area contributed by atoms with Crippen LogP contribution >= 0.6 is 11.8 Å². The molecule has 0 aromatic heterocycles. The van der Waals surface area contributed by atoms with Gasteiger partial charge in [0.05, 0.1) is 6.54 Å². The Kier molecular flexibility index (Phi) is 5.04. The Hall–Kier alpha value is -2.80. The molecule has 1 heterocycles. The van der Waals surface area contributed by atoms with E-state index < -0.39 is 5.37 Å². The van der Waals surface area contributed by atoms with Crippen molar-refractivity contribution in [3.63, 3.8) is 0 Å². The van der Waals surface area contributed by atoms with Crippen LogP contribution in [-0.2, 0) is 16.1 Å². The number of nitrogens with zero attached hydrogens (tertiary/aromatic N) is 1. The second-order valence-corrected chi connectivity index (χ2v) is 6.63. The Labute approximate surface area is 149 Å². The van der Waals surface area contributed by atoms with Crippen LogP contribution in [0.3, 0.4) is 0 Å². The number of carbonyl (C=O) groups excluding carboxylic acids is 3. The summed E-state index contributed by atoms with van der Waals surface area (Å²) in [5.41, 5.74) is 2.28. The summed E-state index contributed by atoms with van der Waals surface area (Å²) in [7, 11) is 0. The Morgan fingerprint density at radius 2 is 1.68 bits per heavy atom. The summed E-state index contributed by atoms with van der Waals surface area (Å²) in [5, 5.41) is 4.82. The van der Waals surface area contributed by atoms with Crippen molar-refractivity contribution in [2.75, 3.05) is 10.6 Å². The summed E-state index contributed by atoms with van der Waals surface area (Å²) < 4.78 is 0. The van der Waals surface area contributed by atoms with E-state index in [0.29, 0.717) is 11.4 Å². The van der Waals surface area contributed by atoms with E-state index in [2.05, 4.69) is 10.6 Å². The molecule has 0 aliphatic carbocycles. The van der Waals surface area contributed by atoms with E-state index in [1.165, 1.54) is 11.8 Å². The van der Waals surface area contributed by atoms with Crippen LogP contribution < -0.4 is 10.6 Å². The van der Waals surface area contributed by atoms with Gasteiger partial charge in [0.25, 0.3) is 11.1 Å². The monoisotopic (exact) mass is 355 g/mol. The van der Waals surface area contributed by atoms with Gasteiger partial charge in [-0.25, -0.2) is 0 Å². The molecule has 6 nitrogen and oxygen atoms in total. The van der Waals surface area contributed by atoms with Crippen molar-refractivity contribution >= 4 is 40.2 Å². The van der Waals surface area contributed by atoms with Crippen LogP contribution in [0, 0.1) is 0 Å². The first kappa shape index (κ1) is 17.0. The van der Waals surface area contributed by atoms with Gasteiger partial charge in [0.15, 0.2) is 5.37 Å². The van der Waals surface area contributed by atoms with E-state index in [1.54, 1.807) is 24.3 Å². The largest absolute Gasteiger partial charge is 0.365 e. The Morgan fingerprint density at radius 1 is 1.04 bits per heavy atom. The molecule has 2 aromatic rings. The van der Waals surface area contributed by atoms with Gasteiger partial charge in [0.1, 0.15) is 0 Å². The lowest BCUT2D eigenvalue weighted by Crippen LogP contribution is -2.33. The molecule has 3 amide bonds. The normalized spacial score (nSPS) is 16.8. The van der Waals surface area contributed by atoms with Crippen LogP contribution in [0.1, 0.15) is 12.5 Å². The highest BCUT2D eigenvalue weighted by atomic mass is 32.2. The Morgan fingerprint density at radius 3 is 2.32 bits per heavy atom. The van der Waals surface area contributed by atoms with Crippen molar-refractivity contribution in [3.05, 3.63) is 60.2 Å². The van der Waals surface area contributed by atoms with Gasteiger partial charge in [-0.1, -0.05) is 30.3 Å². The highest BCUT2D eigenvalue weighted by Crippen LogP contribution is 2.29. The Bertz CT molecular complexity index is 793. The fourth-order valence-electron chi connectivity index (χ4n) is 2.45. The average molecular weight is 355 g/mol. The van der Waals surface area contributed by atoms with Crippen LogP contribution in [0.25, 0.3) is 0 Å². The third-order valence-corrected chi connectivity index (χ3v) is 4.59. The van der Waals surface area contributed by atoms with Crippen LogP contribution in [-0.4, -0.2) is 27.3 Å². The van der Waals surface area contributed by atoms with Crippen molar-refractivity contribution in [1.29, 1.82) is 0 Å². The van der Waals surface area contributed by atoms with Gasteiger partial charge in [-0.2, -0.15) is 0 Å². The van der Waals surface area contributed by atoms with Crippen LogP contribution in [0.5, 0.6) is 0 Å². The summed E-state index contributed by atoms with van der Waals surface area (Å²) in [6.07, 6.45) is 0. The molecule has 1 fully saturated rings. The van der Waals surface area contributed by atoms with Gasteiger partial charge in [0, 0.05) is 18.3 Å². The topological polar surface area (TPSA) is 78.5 Å². The molecule has 1 aliphatic heterocycles. The summed E-state index contributed by atoms with van der Waals surface area (Å²) in [5.74, 6) is -0.408. The molecule has 0 saturated carbocycles. The minimum Gasteiger partial charge on any atom is -0.365 e. The molecular weight excluding hydrogens is 338 g/mol. The first-order valence-electron chi connectivity index (χ1n) is 7.73. The molecule has 0 radical (unpaired) electrons. The minimum atomic E-state index is -0.650. The van der Waals surface area contributed by atoms with E-state index >= 15 is 0 Å². The molecule has 2 aromatic carbocycles. The van der Waals surface area contributed by atoms with Gasteiger partial charge in [-0.15, -0.1) is 0 Å². The molecular formula is C18H17N3O3S. The second kappa shape index (κ2) is 7.40. The first-order valence-corrected chi connectivity index (χ1v) is 8.61. The number of benzene rings is 2. The molecule has 3 rings (SSSR count). The molecule has 1 atom stereocenters. The predicted octanol–water partition coefficient (Wildman–Crippen LogP) is 3.28. The average Bonchev–Trinajstić information content (AvgIpc) is 2.85. The van der Waals surface area contributed by atoms with Crippen LogP contribution in [0.15, 0.2) is 54.6 Å². The van der Waals surface area contributed by atoms with Crippen molar-refractivity contribution in [1.82, 2.24) is 4.90 Å². The number of carbonyl (C=O) groups is 3. The number of hydrogen-bond acceptors (Lipinski definition) is 5. The zero-order valence-corrected chi connectivity index (χ0v) is 14.4. The lowest BCUT2D eigenvalue weighted by molar-refractivity contribution is -0.126. The second-order valence-electron chi connectivity index (χ2n) is 5.58. The molecule has 1 aliphatic rings. The van der Waals surface area contributed by atoms with E-state index in [0.717, 1.165) is 17.3 Å². The first-order chi connectivity index (χ1) is 12.0. The third-order valence-electron chi connectivity index (χ3n) is 3.62. The Balaban J connectivity index is 1.65. The summed E-state index contributed by atoms with van der Waals surface area (Å²) in [6, 6.07) is 16.4. The number of amides is 3. The minimum absolute atomic E-state index is 0.149. The van der Waals surface area contributed by atoms with Gasteiger partial charge < -0.3 is 10.6 Å². The third kappa shape index (κ3) is 4.19. The molecule has 1 saturated heterocycles. The molecule has 1 unspecified atom stereocenters. The van der Waals surface area contributed by atoms with Crippen LogP contribution in [0.2, 0.25) is 0 Å². The SMILES string of the molecule is CC(=O)Nc1ccc(NC2SC(=O)N(Cc3ccccc3)C2=O)cc1. The quantitative estimate of drug-likeness (QED) is 0.860. The highest BCUT2D eigenvalue weighted by molar-refractivity contribution is 8.15. The fraction of sp³-hybridized carbons (Fsp3) is 0.167. The number of imide groups is 1. The van der Waals surface area contributed by atoms with Crippen molar-refractivity contribution in [2.24, 2.45) is 0 Å². The molecule has 25 heavy (non-hydrogen) atoms. The maximum Gasteiger partial charge on any atom is 0.291 e. The predicted molar refractivity (Wildman–Crippen MR) is 98.1 cm³/mol. The highest BCUT2D eigenvalue weighted by Gasteiger charge is 2.39.